The minimum absolute atomic E-state index is 0.348. The molecule has 0 aliphatic carbocycles. The Bertz CT molecular complexity index is 760. The first kappa shape index (κ1) is 19.3. The average Bonchev–Trinajstić information content (AvgIpc) is 2.64. The van der Waals surface area contributed by atoms with Gasteiger partial charge in [-0.15, -0.1) is 0 Å². The monoisotopic (exact) mass is 356 g/mol. The number of rotatable bonds is 8. The highest BCUT2D eigenvalue weighted by atomic mass is 16.5. The quantitative estimate of drug-likeness (QED) is 0.761. The molecule has 0 heterocycles. The summed E-state index contributed by atoms with van der Waals surface area (Å²) in [6.45, 7) is 4.63. The average molecular weight is 356 g/mol. The number of ether oxygens (including phenoxy) is 2. The van der Waals surface area contributed by atoms with E-state index >= 15 is 0 Å². The lowest BCUT2D eigenvalue weighted by molar-refractivity contribution is -0.120. The minimum atomic E-state index is -0.911. The second-order valence-corrected chi connectivity index (χ2v) is 6.29. The van der Waals surface area contributed by atoms with Crippen molar-refractivity contribution < 1.29 is 19.1 Å². The minimum Gasteiger partial charge on any atom is -0.493 e. The first-order valence-electron chi connectivity index (χ1n) is 8.38. The molecule has 1 atom stereocenters. The molecule has 0 radical (unpaired) electrons. The number of carbonyl (C=O) groups excluding carboxylic acids is 2. The Morgan fingerprint density at radius 2 is 1.77 bits per heavy atom. The van der Waals surface area contributed by atoms with E-state index in [-0.39, 0.29) is 0 Å². The van der Waals surface area contributed by atoms with Gasteiger partial charge in [0.15, 0.2) is 11.5 Å². The van der Waals surface area contributed by atoms with Gasteiger partial charge in [0.25, 0.3) is 5.91 Å². The normalized spacial score (nSPS) is 11.7. The van der Waals surface area contributed by atoms with E-state index in [0.717, 1.165) is 0 Å². The van der Waals surface area contributed by atoms with Crippen LogP contribution in [-0.4, -0.2) is 25.5 Å². The fourth-order valence-corrected chi connectivity index (χ4v) is 2.36. The molecule has 2 aromatic carbocycles. The molecular formula is C20H24N2O4. The van der Waals surface area contributed by atoms with Crippen LogP contribution < -0.4 is 20.5 Å². The van der Waals surface area contributed by atoms with Crippen LogP contribution in [0.2, 0.25) is 0 Å². The smallest absolute Gasteiger partial charge is 0.252 e. The summed E-state index contributed by atoms with van der Waals surface area (Å²) in [5, 5.41) is 2.66. The zero-order valence-corrected chi connectivity index (χ0v) is 15.2. The van der Waals surface area contributed by atoms with Gasteiger partial charge in [-0.1, -0.05) is 44.2 Å². The van der Waals surface area contributed by atoms with E-state index in [0.29, 0.717) is 35.2 Å². The topological polar surface area (TPSA) is 90.6 Å². The highest BCUT2D eigenvalue weighted by Crippen LogP contribution is 2.28. The van der Waals surface area contributed by atoms with Gasteiger partial charge in [-0.3, -0.25) is 9.59 Å². The molecule has 0 unspecified atom stereocenters. The second kappa shape index (κ2) is 8.89. The van der Waals surface area contributed by atoms with Gasteiger partial charge in [0, 0.05) is 5.56 Å². The summed E-state index contributed by atoms with van der Waals surface area (Å²) >= 11 is 0. The third-order valence-electron chi connectivity index (χ3n) is 3.69. The van der Waals surface area contributed by atoms with Crippen LogP contribution in [0.25, 0.3) is 0 Å². The molecule has 0 saturated carbocycles. The van der Waals surface area contributed by atoms with Crippen molar-refractivity contribution in [1.82, 2.24) is 5.32 Å². The Morgan fingerprint density at radius 1 is 1.08 bits per heavy atom. The maximum Gasteiger partial charge on any atom is 0.252 e. The molecule has 3 N–H and O–H groups in total. The van der Waals surface area contributed by atoms with Gasteiger partial charge in [0.05, 0.1) is 13.7 Å². The Hall–Kier alpha value is -3.02. The third-order valence-corrected chi connectivity index (χ3v) is 3.69. The van der Waals surface area contributed by atoms with Crippen LogP contribution in [0.4, 0.5) is 0 Å². The van der Waals surface area contributed by atoms with Gasteiger partial charge < -0.3 is 20.5 Å². The number of nitrogens with two attached hydrogens (primary N) is 1. The first-order chi connectivity index (χ1) is 12.4. The summed E-state index contributed by atoms with van der Waals surface area (Å²) in [4.78, 5) is 24.3. The van der Waals surface area contributed by atoms with Crippen LogP contribution in [0.3, 0.4) is 0 Å². The van der Waals surface area contributed by atoms with E-state index in [4.69, 9.17) is 15.2 Å². The van der Waals surface area contributed by atoms with E-state index in [1.807, 2.05) is 19.9 Å². The summed E-state index contributed by atoms with van der Waals surface area (Å²) in [6.07, 6.45) is 0. The van der Waals surface area contributed by atoms with Crippen molar-refractivity contribution in [3.8, 4) is 11.5 Å². The Morgan fingerprint density at radius 3 is 2.35 bits per heavy atom. The van der Waals surface area contributed by atoms with Crippen LogP contribution in [0, 0.1) is 5.92 Å². The molecule has 6 heteroatoms. The standard InChI is InChI=1S/C20H24N2O4/c1-13(2)12-26-16-10-9-15(11-17(16)25-3)20(24)22-18(19(21)23)14-7-5-4-6-8-14/h4-11,13,18H,12H2,1-3H3,(H2,21,23)(H,22,24)/t18-/m1/s1. The third kappa shape index (κ3) is 4.99. The van der Waals surface area contributed by atoms with Crippen molar-refractivity contribution in [3.63, 3.8) is 0 Å². The molecule has 0 saturated heterocycles. The van der Waals surface area contributed by atoms with E-state index < -0.39 is 17.9 Å². The highest BCUT2D eigenvalue weighted by Gasteiger charge is 2.21. The van der Waals surface area contributed by atoms with E-state index in [1.54, 1.807) is 42.5 Å². The summed E-state index contributed by atoms with van der Waals surface area (Å²) in [5.74, 6) is 0.325. The number of methoxy groups -OCH3 is 1. The van der Waals surface area contributed by atoms with Crippen LogP contribution in [-0.2, 0) is 4.79 Å². The molecule has 2 rings (SSSR count). The fraction of sp³-hybridized carbons (Fsp3) is 0.300. The Kier molecular flexibility index (Phi) is 6.60. The molecule has 2 amide bonds. The van der Waals surface area contributed by atoms with Crippen molar-refractivity contribution in [1.29, 1.82) is 0 Å². The number of amides is 2. The van der Waals surface area contributed by atoms with E-state index in [9.17, 15) is 9.59 Å². The van der Waals surface area contributed by atoms with Gasteiger partial charge in [-0.25, -0.2) is 0 Å². The molecule has 0 aliphatic heterocycles. The molecule has 6 nitrogen and oxygen atoms in total. The number of hydrogen-bond donors (Lipinski definition) is 2. The van der Waals surface area contributed by atoms with Crippen LogP contribution in [0.15, 0.2) is 48.5 Å². The molecule has 138 valence electrons. The summed E-state index contributed by atoms with van der Waals surface area (Å²) < 4.78 is 11.0. The zero-order chi connectivity index (χ0) is 19.1. The van der Waals surface area contributed by atoms with Crippen LogP contribution in [0.1, 0.15) is 35.8 Å². The largest absolute Gasteiger partial charge is 0.493 e. The number of carbonyl (C=O) groups is 2. The van der Waals surface area contributed by atoms with Crippen molar-refractivity contribution in [2.45, 2.75) is 19.9 Å². The van der Waals surface area contributed by atoms with E-state index in [2.05, 4.69) is 5.32 Å². The van der Waals surface area contributed by atoms with Crippen LogP contribution in [0.5, 0.6) is 11.5 Å². The lowest BCUT2D eigenvalue weighted by Gasteiger charge is -2.17. The maximum absolute atomic E-state index is 12.6. The predicted molar refractivity (Wildman–Crippen MR) is 99.2 cm³/mol. The van der Waals surface area contributed by atoms with Gasteiger partial charge in [-0.05, 0) is 29.7 Å². The molecule has 0 spiro atoms. The Labute approximate surface area is 153 Å². The second-order valence-electron chi connectivity index (χ2n) is 6.29. The van der Waals surface area contributed by atoms with E-state index in [1.165, 1.54) is 7.11 Å². The molecule has 0 aromatic heterocycles. The zero-order valence-electron chi connectivity index (χ0n) is 15.2. The van der Waals surface area contributed by atoms with Gasteiger partial charge in [0.2, 0.25) is 5.91 Å². The summed E-state index contributed by atoms with van der Waals surface area (Å²) in [6, 6.07) is 12.8. The summed E-state index contributed by atoms with van der Waals surface area (Å²) in [5.41, 5.74) is 6.42. The summed E-state index contributed by atoms with van der Waals surface area (Å²) in [7, 11) is 1.51. The number of hydrogen-bond acceptors (Lipinski definition) is 4. The van der Waals surface area contributed by atoms with Gasteiger partial charge in [-0.2, -0.15) is 0 Å². The molecule has 26 heavy (non-hydrogen) atoms. The Balaban J connectivity index is 2.19. The van der Waals surface area contributed by atoms with Gasteiger partial charge >= 0.3 is 0 Å². The lowest BCUT2D eigenvalue weighted by atomic mass is 10.1. The first-order valence-corrected chi connectivity index (χ1v) is 8.38. The predicted octanol–water partition coefficient (Wildman–Crippen LogP) is 2.69. The van der Waals surface area contributed by atoms with Crippen LogP contribution >= 0.6 is 0 Å². The molecular weight excluding hydrogens is 332 g/mol. The number of benzene rings is 2. The fourth-order valence-electron chi connectivity index (χ4n) is 2.36. The SMILES string of the molecule is COc1cc(C(=O)N[C@@H](C(N)=O)c2ccccc2)ccc1OCC(C)C. The maximum atomic E-state index is 12.6. The van der Waals surface area contributed by atoms with Crippen molar-refractivity contribution >= 4 is 11.8 Å². The highest BCUT2D eigenvalue weighted by molar-refractivity contribution is 5.98. The number of nitrogens with one attached hydrogen (secondary N) is 1. The van der Waals surface area contributed by atoms with Crippen molar-refractivity contribution in [2.24, 2.45) is 11.7 Å². The number of primary amides is 1. The molecule has 0 bridgehead atoms. The molecule has 0 fully saturated rings. The molecule has 0 aliphatic rings. The van der Waals surface area contributed by atoms with Gasteiger partial charge in [0.1, 0.15) is 6.04 Å². The van der Waals surface area contributed by atoms with Crippen molar-refractivity contribution in [2.75, 3.05) is 13.7 Å². The lowest BCUT2D eigenvalue weighted by Crippen LogP contribution is -2.37. The van der Waals surface area contributed by atoms with Crippen molar-refractivity contribution in [3.05, 3.63) is 59.7 Å². The molecule has 2 aromatic rings.